The Morgan fingerprint density at radius 1 is 1.28 bits per heavy atom. The Morgan fingerprint density at radius 2 is 2.17 bits per heavy atom. The molecule has 0 aliphatic rings. The highest BCUT2D eigenvalue weighted by atomic mass is 79.9. The summed E-state index contributed by atoms with van der Waals surface area (Å²) >= 11 is 6.33. The van der Waals surface area contributed by atoms with E-state index < -0.39 is 0 Å². The quantitative estimate of drug-likeness (QED) is 0.753. The van der Waals surface area contributed by atoms with Crippen molar-refractivity contribution in [3.8, 4) is 0 Å². The minimum absolute atomic E-state index is 0.111. The summed E-state index contributed by atoms with van der Waals surface area (Å²) < 4.78 is 1.98. The minimum atomic E-state index is -0.111. The van der Waals surface area contributed by atoms with Crippen LogP contribution < -0.4 is 5.32 Å². The Kier molecular flexibility index (Phi) is 3.15. The molecule has 6 heteroatoms. The van der Waals surface area contributed by atoms with Crippen LogP contribution in [-0.4, -0.2) is 10.9 Å². The summed E-state index contributed by atoms with van der Waals surface area (Å²) in [5.74, 6) is -0.111. The van der Waals surface area contributed by atoms with Gasteiger partial charge >= 0.3 is 0 Å². The summed E-state index contributed by atoms with van der Waals surface area (Å²) in [6.45, 7) is 0. The van der Waals surface area contributed by atoms with Gasteiger partial charge in [0.05, 0.1) is 15.1 Å². The van der Waals surface area contributed by atoms with Gasteiger partial charge in [0, 0.05) is 4.47 Å². The van der Waals surface area contributed by atoms with Gasteiger partial charge in [0.15, 0.2) is 5.13 Å². The van der Waals surface area contributed by atoms with Crippen LogP contribution in [0.25, 0.3) is 10.2 Å². The number of nitrogens with zero attached hydrogens (tertiary/aromatic N) is 1. The third-order valence-electron chi connectivity index (χ3n) is 2.34. The lowest BCUT2D eigenvalue weighted by Gasteiger charge is -1.96. The first-order valence-electron chi connectivity index (χ1n) is 5.14. The summed E-state index contributed by atoms with van der Waals surface area (Å²) in [6.07, 6.45) is 0. The number of nitrogens with one attached hydrogen (secondary N) is 1. The molecule has 0 saturated carbocycles. The summed E-state index contributed by atoms with van der Waals surface area (Å²) in [4.78, 5) is 17.0. The average molecular weight is 339 g/mol. The number of aromatic nitrogens is 1. The van der Waals surface area contributed by atoms with Gasteiger partial charge in [-0.05, 0) is 39.5 Å². The number of rotatable bonds is 2. The molecule has 0 spiro atoms. The molecular formula is C12H7BrN2OS2. The van der Waals surface area contributed by atoms with Crippen LogP contribution in [0, 0.1) is 0 Å². The van der Waals surface area contributed by atoms with E-state index >= 15 is 0 Å². The lowest BCUT2D eigenvalue weighted by molar-refractivity contribution is 0.103. The number of halogens is 1. The lowest BCUT2D eigenvalue weighted by atomic mass is 10.3. The Labute approximate surface area is 120 Å². The summed E-state index contributed by atoms with van der Waals surface area (Å²) in [5.41, 5.74) is 0.879. The Hall–Kier alpha value is -1.24. The molecular weight excluding hydrogens is 332 g/mol. The fourth-order valence-corrected chi connectivity index (χ4v) is 3.63. The number of hydrogen-bond donors (Lipinski definition) is 1. The van der Waals surface area contributed by atoms with E-state index in [1.807, 2.05) is 29.6 Å². The molecule has 2 heterocycles. The van der Waals surface area contributed by atoms with Crippen molar-refractivity contribution in [1.29, 1.82) is 0 Å². The van der Waals surface area contributed by atoms with Crippen molar-refractivity contribution in [2.24, 2.45) is 0 Å². The van der Waals surface area contributed by atoms with Crippen molar-refractivity contribution in [3.63, 3.8) is 0 Å². The fraction of sp³-hybridized carbons (Fsp3) is 0. The van der Waals surface area contributed by atoms with Crippen LogP contribution in [-0.2, 0) is 0 Å². The lowest BCUT2D eigenvalue weighted by Crippen LogP contribution is -2.09. The molecule has 0 aliphatic heterocycles. The summed E-state index contributed by atoms with van der Waals surface area (Å²) in [5, 5.41) is 5.32. The number of benzene rings is 1. The van der Waals surface area contributed by atoms with Crippen LogP contribution in [0.2, 0.25) is 0 Å². The highest BCUT2D eigenvalue weighted by Gasteiger charge is 2.11. The van der Waals surface area contributed by atoms with Crippen molar-refractivity contribution in [1.82, 2.24) is 4.98 Å². The van der Waals surface area contributed by atoms with E-state index in [9.17, 15) is 4.79 Å². The van der Waals surface area contributed by atoms with Gasteiger partial charge in [-0.25, -0.2) is 4.98 Å². The Balaban J connectivity index is 1.92. The first-order chi connectivity index (χ1) is 8.74. The normalized spacial score (nSPS) is 10.7. The highest BCUT2D eigenvalue weighted by molar-refractivity contribution is 9.10. The van der Waals surface area contributed by atoms with Gasteiger partial charge in [0.25, 0.3) is 5.91 Å². The van der Waals surface area contributed by atoms with Crippen molar-refractivity contribution in [3.05, 3.63) is 45.1 Å². The van der Waals surface area contributed by atoms with Crippen LogP contribution in [0.1, 0.15) is 9.67 Å². The van der Waals surface area contributed by atoms with Gasteiger partial charge in [-0.2, -0.15) is 0 Å². The van der Waals surface area contributed by atoms with Crippen molar-refractivity contribution >= 4 is 59.9 Å². The number of fused-ring (bicyclic) bond motifs is 1. The van der Waals surface area contributed by atoms with E-state index in [0.717, 1.165) is 14.7 Å². The zero-order valence-corrected chi connectivity index (χ0v) is 12.2. The van der Waals surface area contributed by atoms with E-state index in [0.29, 0.717) is 10.0 Å². The molecule has 3 nitrogen and oxygen atoms in total. The summed E-state index contributed by atoms with van der Waals surface area (Å²) in [6, 6.07) is 9.53. The van der Waals surface area contributed by atoms with Gasteiger partial charge in [0.2, 0.25) is 0 Å². The number of anilines is 1. The summed E-state index contributed by atoms with van der Waals surface area (Å²) in [7, 11) is 0. The molecule has 18 heavy (non-hydrogen) atoms. The third kappa shape index (κ3) is 2.19. The van der Waals surface area contributed by atoms with Crippen LogP contribution in [0.3, 0.4) is 0 Å². The number of hydrogen-bond acceptors (Lipinski definition) is 4. The van der Waals surface area contributed by atoms with E-state index in [2.05, 4.69) is 26.2 Å². The number of thiazole rings is 1. The monoisotopic (exact) mass is 338 g/mol. The minimum Gasteiger partial charge on any atom is -0.297 e. The molecule has 1 amide bonds. The predicted octanol–water partition coefficient (Wildman–Crippen LogP) is 4.37. The van der Waals surface area contributed by atoms with Gasteiger partial charge in [0.1, 0.15) is 0 Å². The fourth-order valence-electron chi connectivity index (χ4n) is 1.53. The molecule has 0 fully saturated rings. The zero-order valence-electron chi connectivity index (χ0n) is 9.01. The topological polar surface area (TPSA) is 42.0 Å². The van der Waals surface area contributed by atoms with Crippen molar-refractivity contribution < 1.29 is 4.79 Å². The second-order valence-electron chi connectivity index (χ2n) is 3.54. The molecule has 90 valence electrons. The maximum absolute atomic E-state index is 11.9. The molecule has 0 unspecified atom stereocenters. The SMILES string of the molecule is O=C(Nc1nc2c(Br)cccc2s1)c1cccs1. The van der Waals surface area contributed by atoms with E-state index in [4.69, 9.17) is 0 Å². The molecule has 0 atom stereocenters. The molecule has 0 bridgehead atoms. The molecule has 1 N–H and O–H groups in total. The maximum Gasteiger partial charge on any atom is 0.267 e. The Morgan fingerprint density at radius 3 is 2.89 bits per heavy atom. The molecule has 0 aliphatic carbocycles. The Bertz CT molecular complexity index is 706. The standard InChI is InChI=1S/C12H7BrN2OS2/c13-7-3-1-4-8-10(7)14-12(18-8)15-11(16)9-5-2-6-17-9/h1-6H,(H,14,15,16). The van der Waals surface area contributed by atoms with Gasteiger partial charge in [-0.15, -0.1) is 11.3 Å². The maximum atomic E-state index is 11.9. The largest absolute Gasteiger partial charge is 0.297 e. The number of carbonyl (C=O) groups is 1. The first kappa shape index (κ1) is 11.8. The third-order valence-corrected chi connectivity index (χ3v) is 4.78. The molecule has 0 radical (unpaired) electrons. The molecule has 3 aromatic rings. The smallest absolute Gasteiger partial charge is 0.267 e. The average Bonchev–Trinajstić information content (AvgIpc) is 2.97. The van der Waals surface area contributed by atoms with Gasteiger partial charge in [-0.1, -0.05) is 23.5 Å². The van der Waals surface area contributed by atoms with E-state index in [1.54, 1.807) is 6.07 Å². The highest BCUT2D eigenvalue weighted by Crippen LogP contribution is 2.31. The van der Waals surface area contributed by atoms with Gasteiger partial charge < -0.3 is 0 Å². The van der Waals surface area contributed by atoms with E-state index in [1.165, 1.54) is 22.7 Å². The zero-order chi connectivity index (χ0) is 12.5. The number of para-hydroxylation sites is 1. The van der Waals surface area contributed by atoms with Crippen LogP contribution in [0.15, 0.2) is 40.2 Å². The predicted molar refractivity (Wildman–Crippen MR) is 79.6 cm³/mol. The number of amides is 1. The first-order valence-corrected chi connectivity index (χ1v) is 7.63. The van der Waals surface area contributed by atoms with Crippen LogP contribution in [0.5, 0.6) is 0 Å². The molecule has 2 aromatic heterocycles. The number of thiophene rings is 1. The van der Waals surface area contributed by atoms with Crippen molar-refractivity contribution in [2.75, 3.05) is 5.32 Å². The second kappa shape index (κ2) is 4.79. The molecule has 0 saturated heterocycles. The second-order valence-corrected chi connectivity index (χ2v) is 6.37. The number of carbonyl (C=O) groups excluding carboxylic acids is 1. The van der Waals surface area contributed by atoms with Crippen molar-refractivity contribution in [2.45, 2.75) is 0 Å². The molecule has 1 aromatic carbocycles. The molecule has 3 rings (SSSR count). The van der Waals surface area contributed by atoms with Crippen LogP contribution in [0.4, 0.5) is 5.13 Å². The van der Waals surface area contributed by atoms with E-state index in [-0.39, 0.29) is 5.91 Å². The van der Waals surface area contributed by atoms with Crippen LogP contribution >= 0.6 is 38.6 Å². The van der Waals surface area contributed by atoms with Gasteiger partial charge in [-0.3, -0.25) is 10.1 Å².